The summed E-state index contributed by atoms with van der Waals surface area (Å²) in [5, 5.41) is 17.8. The van der Waals surface area contributed by atoms with Crippen molar-refractivity contribution in [1.82, 2.24) is 24.4 Å². The second-order valence-corrected chi connectivity index (χ2v) is 17.4. The maximum Gasteiger partial charge on any atom is 0.321 e. The number of hydrogen-bond donors (Lipinski definition) is 3. The molecule has 1 saturated heterocycles. The Hall–Kier alpha value is -3.27. The first-order chi connectivity index (χ1) is 23.5. The number of sulfonamides is 1. The van der Waals surface area contributed by atoms with Crippen LogP contribution in [0.2, 0.25) is 5.02 Å². The van der Waals surface area contributed by atoms with E-state index in [1.165, 1.54) is 33.8 Å². The molecule has 12 nitrogen and oxygen atoms in total. The number of hydrogen-bond acceptors (Lipinski definition) is 9. The molecule has 3 atom stereocenters. The molecular weight excluding hydrogens is 700 g/mol. The summed E-state index contributed by atoms with van der Waals surface area (Å²) >= 11 is 7.53. The van der Waals surface area contributed by atoms with Gasteiger partial charge in [-0.25, -0.2) is 18.2 Å². The van der Waals surface area contributed by atoms with Gasteiger partial charge in [0.15, 0.2) is 0 Å². The van der Waals surface area contributed by atoms with Crippen LogP contribution >= 0.6 is 22.9 Å². The fraction of sp³-hybridized carbons (Fsp3) is 0.514. The number of methoxy groups -OCH3 is 1. The van der Waals surface area contributed by atoms with Crippen molar-refractivity contribution < 1.29 is 27.9 Å². The minimum Gasteiger partial charge on any atom is -0.397 e. The summed E-state index contributed by atoms with van der Waals surface area (Å²) in [6.45, 7) is 10.7. The van der Waals surface area contributed by atoms with E-state index in [1.807, 2.05) is 70.3 Å². The molecule has 0 radical (unpaired) electrons. The zero-order chi connectivity index (χ0) is 36.8. The van der Waals surface area contributed by atoms with Crippen molar-refractivity contribution >= 4 is 50.6 Å². The summed E-state index contributed by atoms with van der Waals surface area (Å²) in [5.74, 6) is -0.513. The Morgan fingerprint density at radius 1 is 1.16 bits per heavy atom. The first-order valence-corrected chi connectivity index (χ1v) is 19.3. The maximum absolute atomic E-state index is 14.3. The van der Waals surface area contributed by atoms with Crippen LogP contribution in [0, 0.1) is 11.3 Å². The van der Waals surface area contributed by atoms with Crippen molar-refractivity contribution in [2.75, 3.05) is 39.0 Å². The van der Waals surface area contributed by atoms with E-state index in [1.54, 1.807) is 16.9 Å². The van der Waals surface area contributed by atoms with Gasteiger partial charge in [0.05, 0.1) is 46.6 Å². The normalized spacial score (nSPS) is 15.9. The van der Waals surface area contributed by atoms with E-state index >= 15 is 0 Å². The number of thiazole rings is 1. The zero-order valence-corrected chi connectivity index (χ0v) is 31.9. The third kappa shape index (κ3) is 9.95. The largest absolute Gasteiger partial charge is 0.397 e. The average molecular weight is 749 g/mol. The summed E-state index contributed by atoms with van der Waals surface area (Å²) in [5.41, 5.74) is 6.98. The Kier molecular flexibility index (Phi) is 13.3. The number of nitrogens with one attached hydrogen (secondary N) is 1. The third-order valence-corrected chi connectivity index (χ3v) is 11.4. The Morgan fingerprint density at radius 3 is 2.48 bits per heavy atom. The van der Waals surface area contributed by atoms with Crippen LogP contribution in [0.1, 0.15) is 50.9 Å². The highest BCUT2D eigenvalue weighted by molar-refractivity contribution is 7.89. The molecule has 3 amide bonds. The monoisotopic (exact) mass is 748 g/mol. The Bertz CT molecular complexity index is 1720. The molecule has 1 aliphatic rings. The Balaban J connectivity index is 1.59. The van der Waals surface area contributed by atoms with Crippen molar-refractivity contribution in [2.45, 2.75) is 77.3 Å². The molecule has 1 aliphatic heterocycles. The highest BCUT2D eigenvalue weighted by atomic mass is 35.5. The molecule has 50 heavy (non-hydrogen) atoms. The number of aliphatic hydroxyl groups is 1. The number of nitrogens with zero attached hydrogens (tertiary/aromatic N) is 4. The first kappa shape index (κ1) is 39.5. The van der Waals surface area contributed by atoms with E-state index in [0.717, 1.165) is 16.3 Å². The summed E-state index contributed by atoms with van der Waals surface area (Å²) in [6, 6.07) is 11.4. The van der Waals surface area contributed by atoms with E-state index in [-0.39, 0.29) is 47.1 Å². The molecule has 0 aliphatic carbocycles. The molecule has 0 unspecified atom stereocenters. The summed E-state index contributed by atoms with van der Waals surface area (Å²) in [4.78, 5) is 35.8. The number of ether oxygens (including phenoxy) is 1. The van der Waals surface area contributed by atoms with Crippen LogP contribution in [0.5, 0.6) is 0 Å². The molecule has 1 fully saturated rings. The van der Waals surface area contributed by atoms with Crippen LogP contribution in [0.15, 0.2) is 58.8 Å². The highest BCUT2D eigenvalue weighted by Gasteiger charge is 2.44. The maximum atomic E-state index is 14.3. The van der Waals surface area contributed by atoms with Gasteiger partial charge in [0.2, 0.25) is 15.9 Å². The Morgan fingerprint density at radius 2 is 1.86 bits per heavy atom. The summed E-state index contributed by atoms with van der Waals surface area (Å²) in [6.07, 6.45) is -1.09. The van der Waals surface area contributed by atoms with Crippen LogP contribution in [-0.4, -0.2) is 96.0 Å². The van der Waals surface area contributed by atoms with E-state index in [0.29, 0.717) is 26.2 Å². The second kappa shape index (κ2) is 16.8. The van der Waals surface area contributed by atoms with Gasteiger partial charge in [-0.1, -0.05) is 76.6 Å². The van der Waals surface area contributed by atoms with E-state index < -0.39 is 39.5 Å². The number of aromatic nitrogens is 1. The molecule has 4 N–H and O–H groups in total. The van der Waals surface area contributed by atoms with E-state index in [2.05, 4.69) is 10.3 Å². The van der Waals surface area contributed by atoms with Crippen molar-refractivity contribution in [2.24, 2.45) is 11.3 Å². The number of nitrogen functional groups attached to an aromatic ring is 1. The van der Waals surface area contributed by atoms with Gasteiger partial charge in [0, 0.05) is 38.7 Å². The number of carbonyl (C=O) groups excluding carboxylic acids is 2. The predicted molar refractivity (Wildman–Crippen MR) is 196 cm³/mol. The zero-order valence-electron chi connectivity index (χ0n) is 29.5. The van der Waals surface area contributed by atoms with Crippen LogP contribution in [0.4, 0.5) is 10.5 Å². The fourth-order valence-electron chi connectivity index (χ4n) is 6.06. The minimum atomic E-state index is -4.11. The smallest absolute Gasteiger partial charge is 0.321 e. The SMILES string of the molecule is COCc1nc(CN2CCN([C@H](C(=O)N[C@@H](Cc3ccccc3)[C@H](O)CN(CC(C)C)S(=O)(=O)c3ccc(Cl)c(N)c3)C(C)(C)C)C2=O)cs1. The number of urea groups is 1. The standard InChI is InChI=1S/C35H49ClN6O6S2/c1-23(2)18-41(50(46,47)26-12-13-27(36)28(37)17-26)20-30(43)29(16-24-10-8-7-9-11-24)39-33(44)32(35(3,4)5)42-15-14-40(34(42)45)19-25-22-49-31(38-25)21-48-6/h7-13,17,22-23,29-30,32,43H,14-16,18-21,37H2,1-6H3,(H,39,44)/t29-,30+,32+/m0/s1. The number of aliphatic hydroxyl groups excluding tert-OH is 1. The highest BCUT2D eigenvalue weighted by Crippen LogP contribution is 2.30. The molecular formula is C35H49ClN6O6S2. The third-order valence-electron chi connectivity index (χ3n) is 8.38. The van der Waals surface area contributed by atoms with Crippen molar-refractivity contribution in [3.05, 3.63) is 75.2 Å². The van der Waals surface area contributed by atoms with Crippen LogP contribution in [-0.2, 0) is 39.1 Å². The van der Waals surface area contributed by atoms with E-state index in [9.17, 15) is 23.1 Å². The van der Waals surface area contributed by atoms with Crippen LogP contribution < -0.4 is 11.1 Å². The van der Waals surface area contributed by atoms with Gasteiger partial charge >= 0.3 is 6.03 Å². The molecule has 1 aromatic heterocycles. The van der Waals surface area contributed by atoms with Gasteiger partial charge in [-0.15, -0.1) is 11.3 Å². The lowest BCUT2D eigenvalue weighted by Crippen LogP contribution is -2.59. The number of anilines is 1. The van der Waals surface area contributed by atoms with Gasteiger partial charge in [0.1, 0.15) is 11.0 Å². The number of nitrogens with two attached hydrogens (primary N) is 1. The number of amides is 3. The van der Waals surface area contributed by atoms with Gasteiger partial charge in [-0.3, -0.25) is 4.79 Å². The van der Waals surface area contributed by atoms with Crippen molar-refractivity contribution in [3.63, 3.8) is 0 Å². The number of carbonyl (C=O) groups is 2. The van der Waals surface area contributed by atoms with Crippen LogP contribution in [0.3, 0.4) is 0 Å². The molecule has 2 aromatic carbocycles. The predicted octanol–water partition coefficient (Wildman–Crippen LogP) is 4.61. The lowest BCUT2D eigenvalue weighted by atomic mass is 9.84. The molecule has 0 spiro atoms. The number of benzene rings is 2. The molecule has 3 aromatic rings. The molecule has 4 rings (SSSR count). The minimum absolute atomic E-state index is 0.0478. The summed E-state index contributed by atoms with van der Waals surface area (Å²) < 4.78 is 34.2. The van der Waals surface area contributed by atoms with Gasteiger partial charge in [0.25, 0.3) is 0 Å². The molecule has 0 saturated carbocycles. The molecule has 2 heterocycles. The first-order valence-electron chi connectivity index (χ1n) is 16.6. The Labute approximate surface area is 304 Å². The van der Waals surface area contributed by atoms with Crippen molar-refractivity contribution in [3.8, 4) is 0 Å². The van der Waals surface area contributed by atoms with Gasteiger partial charge in [-0.2, -0.15) is 4.31 Å². The summed E-state index contributed by atoms with van der Waals surface area (Å²) in [7, 11) is -2.50. The average Bonchev–Trinajstić information content (AvgIpc) is 3.63. The lowest BCUT2D eigenvalue weighted by molar-refractivity contribution is -0.130. The fourth-order valence-corrected chi connectivity index (χ4v) is 8.59. The van der Waals surface area contributed by atoms with Gasteiger partial charge in [-0.05, 0) is 41.5 Å². The quantitative estimate of drug-likeness (QED) is 0.179. The molecule has 0 bridgehead atoms. The van der Waals surface area contributed by atoms with Gasteiger partial charge < -0.3 is 30.7 Å². The lowest BCUT2D eigenvalue weighted by Gasteiger charge is -2.38. The number of rotatable bonds is 16. The number of halogens is 1. The van der Waals surface area contributed by atoms with Crippen LogP contribution in [0.25, 0.3) is 0 Å². The molecule has 15 heteroatoms. The van der Waals surface area contributed by atoms with E-state index in [4.69, 9.17) is 22.1 Å². The topological polar surface area (TPSA) is 158 Å². The second-order valence-electron chi connectivity index (χ2n) is 14.1. The molecule has 274 valence electrons. The van der Waals surface area contributed by atoms with Crippen molar-refractivity contribution in [1.29, 1.82) is 0 Å².